The summed E-state index contributed by atoms with van der Waals surface area (Å²) in [6.07, 6.45) is 0.502. The van der Waals surface area contributed by atoms with Crippen molar-refractivity contribution >= 4 is 21.4 Å². The first-order valence-corrected chi connectivity index (χ1v) is 8.44. The monoisotopic (exact) mass is 305 g/mol. The quantitative estimate of drug-likeness (QED) is 0.881. The fourth-order valence-electron chi connectivity index (χ4n) is 2.20. The minimum absolute atomic E-state index is 0.141. The molecule has 1 fully saturated rings. The van der Waals surface area contributed by atoms with Gasteiger partial charge in [0.2, 0.25) is 10.0 Å². The van der Waals surface area contributed by atoms with Crippen LogP contribution in [-0.2, 0) is 21.4 Å². The summed E-state index contributed by atoms with van der Waals surface area (Å²) in [5, 5.41) is 9.09. The van der Waals surface area contributed by atoms with Gasteiger partial charge in [0.25, 0.3) is 0 Å². The van der Waals surface area contributed by atoms with Crippen LogP contribution in [0, 0.1) is 6.92 Å². The van der Waals surface area contributed by atoms with Crippen molar-refractivity contribution < 1.29 is 18.3 Å². The summed E-state index contributed by atoms with van der Waals surface area (Å²) >= 11 is 1.30. The summed E-state index contributed by atoms with van der Waals surface area (Å²) < 4.78 is 33.1. The molecule has 0 aliphatic carbocycles. The van der Waals surface area contributed by atoms with Crippen LogP contribution in [0.5, 0.6) is 0 Å². The summed E-state index contributed by atoms with van der Waals surface area (Å²) in [4.78, 5) is 1.59. The lowest BCUT2D eigenvalue weighted by molar-refractivity contribution is 0.0957. The van der Waals surface area contributed by atoms with Gasteiger partial charge in [-0.25, -0.2) is 13.1 Å². The van der Waals surface area contributed by atoms with Crippen LogP contribution in [0.25, 0.3) is 0 Å². The lowest BCUT2D eigenvalue weighted by Crippen LogP contribution is -2.50. The standard InChI is InChI=1S/C12H19NO4S2/c1-8-11(6-10(7-14)18-8)19(15,16)13-12(3)4-5-17-9(12)2/h6,9,13-14H,4-5,7H2,1-3H3. The third-order valence-corrected chi connectivity index (χ3v) is 6.53. The number of ether oxygens (including phenoxy) is 1. The fraction of sp³-hybridized carbons (Fsp3) is 0.667. The van der Waals surface area contributed by atoms with E-state index >= 15 is 0 Å². The first kappa shape index (κ1) is 14.9. The van der Waals surface area contributed by atoms with Gasteiger partial charge in [-0.15, -0.1) is 11.3 Å². The van der Waals surface area contributed by atoms with Gasteiger partial charge in [-0.2, -0.15) is 0 Å². The molecule has 7 heteroatoms. The number of aliphatic hydroxyl groups is 1. The zero-order chi connectivity index (χ0) is 14.3. The number of hydrogen-bond donors (Lipinski definition) is 2. The van der Waals surface area contributed by atoms with E-state index in [1.807, 2.05) is 13.8 Å². The van der Waals surface area contributed by atoms with Crippen molar-refractivity contribution in [2.75, 3.05) is 6.61 Å². The van der Waals surface area contributed by atoms with Crippen LogP contribution in [-0.4, -0.2) is 31.8 Å². The molecule has 1 saturated heterocycles. The van der Waals surface area contributed by atoms with E-state index in [-0.39, 0.29) is 17.6 Å². The zero-order valence-electron chi connectivity index (χ0n) is 11.3. The SMILES string of the molecule is Cc1sc(CO)cc1S(=O)(=O)NC1(C)CCOC1C. The van der Waals surface area contributed by atoms with Gasteiger partial charge in [0.05, 0.1) is 23.1 Å². The van der Waals surface area contributed by atoms with Gasteiger partial charge in [-0.3, -0.25) is 0 Å². The molecule has 19 heavy (non-hydrogen) atoms. The Labute approximate surface area is 117 Å². The lowest BCUT2D eigenvalue weighted by Gasteiger charge is -2.28. The van der Waals surface area contributed by atoms with E-state index in [1.54, 1.807) is 6.92 Å². The van der Waals surface area contributed by atoms with E-state index in [0.29, 0.717) is 22.8 Å². The minimum atomic E-state index is -3.59. The molecule has 1 aromatic rings. The van der Waals surface area contributed by atoms with Crippen LogP contribution >= 0.6 is 11.3 Å². The molecule has 0 spiro atoms. The molecule has 2 unspecified atom stereocenters. The lowest BCUT2D eigenvalue weighted by atomic mass is 9.97. The number of sulfonamides is 1. The van der Waals surface area contributed by atoms with Gasteiger partial charge >= 0.3 is 0 Å². The Bertz CT molecular complexity index is 566. The van der Waals surface area contributed by atoms with Gasteiger partial charge in [0.1, 0.15) is 0 Å². The molecule has 1 aliphatic heterocycles. The second-order valence-electron chi connectivity index (χ2n) is 5.08. The van der Waals surface area contributed by atoms with Crippen LogP contribution in [0.1, 0.15) is 30.0 Å². The Morgan fingerprint density at radius 2 is 2.32 bits per heavy atom. The maximum atomic E-state index is 12.4. The first-order valence-electron chi connectivity index (χ1n) is 6.14. The summed E-state index contributed by atoms with van der Waals surface area (Å²) in [5.74, 6) is 0. The van der Waals surface area contributed by atoms with Crippen LogP contribution < -0.4 is 4.72 Å². The second-order valence-corrected chi connectivity index (χ2v) is 8.07. The highest BCUT2D eigenvalue weighted by Gasteiger charge is 2.41. The van der Waals surface area contributed by atoms with E-state index in [2.05, 4.69) is 4.72 Å². The topological polar surface area (TPSA) is 75.6 Å². The van der Waals surface area contributed by atoms with Crippen LogP contribution in [0.2, 0.25) is 0 Å². The van der Waals surface area contributed by atoms with Crippen molar-refractivity contribution in [3.8, 4) is 0 Å². The van der Waals surface area contributed by atoms with Crippen molar-refractivity contribution in [1.29, 1.82) is 0 Å². The molecule has 0 saturated carbocycles. The largest absolute Gasteiger partial charge is 0.391 e. The highest BCUT2D eigenvalue weighted by Crippen LogP contribution is 2.30. The van der Waals surface area contributed by atoms with E-state index in [9.17, 15) is 8.42 Å². The Morgan fingerprint density at radius 3 is 2.79 bits per heavy atom. The Morgan fingerprint density at radius 1 is 1.63 bits per heavy atom. The van der Waals surface area contributed by atoms with Crippen LogP contribution in [0.4, 0.5) is 0 Å². The van der Waals surface area contributed by atoms with Crippen molar-refractivity contribution in [3.63, 3.8) is 0 Å². The highest BCUT2D eigenvalue weighted by molar-refractivity contribution is 7.89. The molecule has 5 nitrogen and oxygen atoms in total. The fourth-order valence-corrected chi connectivity index (χ4v) is 5.19. The Balaban J connectivity index is 2.30. The molecule has 1 aromatic heterocycles. The summed E-state index contributed by atoms with van der Waals surface area (Å²) in [6, 6.07) is 1.53. The average Bonchev–Trinajstić information content (AvgIpc) is 2.83. The predicted octanol–water partition coefficient (Wildman–Crippen LogP) is 1.39. The van der Waals surface area contributed by atoms with Crippen LogP contribution in [0.15, 0.2) is 11.0 Å². The number of aryl methyl sites for hydroxylation is 1. The molecule has 0 aromatic carbocycles. The van der Waals surface area contributed by atoms with Gasteiger partial charge in [0, 0.05) is 16.4 Å². The summed E-state index contributed by atoms with van der Waals surface area (Å²) in [7, 11) is -3.59. The molecule has 1 aliphatic rings. The number of hydrogen-bond acceptors (Lipinski definition) is 5. The van der Waals surface area contributed by atoms with Crippen LogP contribution in [0.3, 0.4) is 0 Å². The highest BCUT2D eigenvalue weighted by atomic mass is 32.2. The number of nitrogens with one attached hydrogen (secondary N) is 1. The van der Waals surface area contributed by atoms with E-state index in [4.69, 9.17) is 9.84 Å². The molecule has 0 bridgehead atoms. The van der Waals surface area contributed by atoms with E-state index in [0.717, 1.165) is 0 Å². The van der Waals surface area contributed by atoms with E-state index < -0.39 is 15.6 Å². The smallest absolute Gasteiger partial charge is 0.242 e. The maximum Gasteiger partial charge on any atom is 0.242 e. The summed E-state index contributed by atoms with van der Waals surface area (Å²) in [5.41, 5.74) is -0.577. The molecule has 2 atom stereocenters. The first-order chi connectivity index (χ1) is 8.78. The van der Waals surface area contributed by atoms with Gasteiger partial charge < -0.3 is 9.84 Å². The van der Waals surface area contributed by atoms with Crippen molar-refractivity contribution in [2.24, 2.45) is 0 Å². The molecule has 2 rings (SSSR count). The number of thiophene rings is 1. The minimum Gasteiger partial charge on any atom is -0.391 e. The second kappa shape index (κ2) is 5.14. The van der Waals surface area contributed by atoms with Crippen molar-refractivity contribution in [1.82, 2.24) is 4.72 Å². The average molecular weight is 305 g/mol. The van der Waals surface area contributed by atoms with Crippen molar-refractivity contribution in [3.05, 3.63) is 15.8 Å². The number of aliphatic hydroxyl groups excluding tert-OH is 1. The third kappa shape index (κ3) is 2.85. The normalized spacial score (nSPS) is 27.9. The number of rotatable bonds is 4. The zero-order valence-corrected chi connectivity index (χ0v) is 12.9. The Hall–Kier alpha value is -0.470. The molecule has 0 radical (unpaired) electrons. The van der Waals surface area contributed by atoms with E-state index in [1.165, 1.54) is 17.4 Å². The molecular formula is C12H19NO4S2. The molecule has 108 valence electrons. The Kier molecular flexibility index (Phi) is 4.04. The molecule has 2 N–H and O–H groups in total. The predicted molar refractivity (Wildman–Crippen MR) is 73.7 cm³/mol. The third-order valence-electron chi connectivity index (χ3n) is 3.62. The van der Waals surface area contributed by atoms with Gasteiger partial charge in [-0.05, 0) is 33.3 Å². The van der Waals surface area contributed by atoms with Gasteiger partial charge in [-0.1, -0.05) is 0 Å². The molecule has 0 amide bonds. The summed E-state index contributed by atoms with van der Waals surface area (Å²) in [6.45, 7) is 5.89. The maximum absolute atomic E-state index is 12.4. The van der Waals surface area contributed by atoms with Gasteiger partial charge in [0.15, 0.2) is 0 Å². The molecular weight excluding hydrogens is 286 g/mol. The molecule has 2 heterocycles. The van der Waals surface area contributed by atoms with Crippen molar-refractivity contribution in [2.45, 2.75) is 50.3 Å².